The molecule has 0 bridgehead atoms. The van der Waals surface area contributed by atoms with E-state index in [1.54, 1.807) is 12.1 Å². The number of rotatable bonds is 7. The molecule has 25 heavy (non-hydrogen) atoms. The van der Waals surface area contributed by atoms with Crippen LogP contribution in [0.2, 0.25) is 5.02 Å². The molecule has 4 nitrogen and oxygen atoms in total. The molecule has 0 aromatic heterocycles. The maximum atomic E-state index is 10.2. The highest BCUT2D eigenvalue weighted by molar-refractivity contribution is 14.0. The number of aliphatic hydroxyl groups excluding tert-OH is 1. The largest absolute Gasteiger partial charge is 0.386 e. The summed E-state index contributed by atoms with van der Waals surface area (Å²) in [4.78, 5) is 4.45. The second-order valence-corrected chi connectivity index (χ2v) is 5.89. The normalized spacial score (nSPS) is 12.2. The predicted molar refractivity (Wildman–Crippen MR) is 116 cm³/mol. The summed E-state index contributed by atoms with van der Waals surface area (Å²) in [7, 11) is 0. The molecule has 1 atom stereocenters. The summed E-state index contributed by atoms with van der Waals surface area (Å²) in [6, 6.07) is 17.5. The minimum absolute atomic E-state index is 0. The Morgan fingerprint density at radius 3 is 2.40 bits per heavy atom. The van der Waals surface area contributed by atoms with Gasteiger partial charge < -0.3 is 15.7 Å². The highest BCUT2D eigenvalue weighted by Crippen LogP contribution is 2.16. The van der Waals surface area contributed by atoms with Crippen LogP contribution in [0.1, 0.15) is 24.2 Å². The van der Waals surface area contributed by atoms with Crippen LogP contribution >= 0.6 is 35.6 Å². The molecule has 0 radical (unpaired) electrons. The zero-order chi connectivity index (χ0) is 17.2. The van der Waals surface area contributed by atoms with Gasteiger partial charge in [0.05, 0.1) is 12.6 Å². The van der Waals surface area contributed by atoms with Crippen molar-refractivity contribution < 1.29 is 5.11 Å². The van der Waals surface area contributed by atoms with Gasteiger partial charge in [-0.2, -0.15) is 0 Å². The molecule has 0 aliphatic heterocycles. The van der Waals surface area contributed by atoms with E-state index in [-0.39, 0.29) is 24.0 Å². The highest BCUT2D eigenvalue weighted by Gasteiger charge is 2.07. The van der Waals surface area contributed by atoms with Crippen LogP contribution in [-0.4, -0.2) is 30.7 Å². The molecule has 0 amide bonds. The average Bonchev–Trinajstić information content (AvgIpc) is 2.61. The molecular formula is C19H25ClIN3O. The lowest BCUT2D eigenvalue weighted by molar-refractivity contribution is 0.187. The summed E-state index contributed by atoms with van der Waals surface area (Å²) in [5.41, 5.74) is 2.09. The van der Waals surface area contributed by atoms with E-state index < -0.39 is 6.10 Å². The third kappa shape index (κ3) is 8.07. The molecule has 136 valence electrons. The van der Waals surface area contributed by atoms with Gasteiger partial charge in [-0.05, 0) is 36.6 Å². The Morgan fingerprint density at radius 2 is 1.76 bits per heavy atom. The predicted octanol–water partition coefficient (Wildman–Crippen LogP) is 3.79. The van der Waals surface area contributed by atoms with E-state index in [0.29, 0.717) is 17.5 Å². The summed E-state index contributed by atoms with van der Waals surface area (Å²) in [6.45, 7) is 3.87. The fourth-order valence-electron chi connectivity index (χ4n) is 2.28. The first-order valence-electron chi connectivity index (χ1n) is 8.18. The lowest BCUT2D eigenvalue weighted by Gasteiger charge is -2.13. The van der Waals surface area contributed by atoms with Crippen molar-refractivity contribution in [1.82, 2.24) is 10.6 Å². The van der Waals surface area contributed by atoms with E-state index in [2.05, 4.69) is 27.8 Å². The van der Waals surface area contributed by atoms with Gasteiger partial charge in [0.1, 0.15) is 0 Å². The van der Waals surface area contributed by atoms with Gasteiger partial charge in [-0.25, -0.2) is 0 Å². The molecule has 0 spiro atoms. The van der Waals surface area contributed by atoms with Gasteiger partial charge in [-0.3, -0.25) is 4.99 Å². The van der Waals surface area contributed by atoms with Crippen molar-refractivity contribution >= 4 is 41.5 Å². The molecule has 1 unspecified atom stereocenters. The van der Waals surface area contributed by atoms with Gasteiger partial charge in [0.25, 0.3) is 0 Å². The fraction of sp³-hybridized carbons (Fsp3) is 0.316. The number of aliphatic hydroxyl groups is 1. The van der Waals surface area contributed by atoms with E-state index in [9.17, 15) is 5.11 Å². The van der Waals surface area contributed by atoms with Crippen LogP contribution in [0.5, 0.6) is 0 Å². The zero-order valence-corrected chi connectivity index (χ0v) is 17.4. The maximum absolute atomic E-state index is 10.2. The third-order valence-electron chi connectivity index (χ3n) is 3.57. The molecule has 2 aromatic carbocycles. The quantitative estimate of drug-likeness (QED) is 0.326. The summed E-state index contributed by atoms with van der Waals surface area (Å²) in [5, 5.41) is 17.4. The van der Waals surface area contributed by atoms with Crippen molar-refractivity contribution in [3.63, 3.8) is 0 Å². The average molecular weight is 474 g/mol. The molecule has 0 fully saturated rings. The van der Waals surface area contributed by atoms with Crippen molar-refractivity contribution in [2.24, 2.45) is 4.99 Å². The molecule has 0 saturated carbocycles. The summed E-state index contributed by atoms with van der Waals surface area (Å²) in [6.07, 6.45) is 0.275. The SMILES string of the molecule is CCNC(=NCC(O)c1ccc(Cl)cc1)NCCc1ccccc1.I. The first-order chi connectivity index (χ1) is 11.7. The lowest BCUT2D eigenvalue weighted by atomic mass is 10.1. The minimum atomic E-state index is -0.646. The van der Waals surface area contributed by atoms with Crippen molar-refractivity contribution in [1.29, 1.82) is 0 Å². The van der Waals surface area contributed by atoms with E-state index in [4.69, 9.17) is 11.6 Å². The minimum Gasteiger partial charge on any atom is -0.386 e. The summed E-state index contributed by atoms with van der Waals surface area (Å²) >= 11 is 5.86. The molecule has 0 aliphatic carbocycles. The van der Waals surface area contributed by atoms with Crippen LogP contribution in [0.15, 0.2) is 59.6 Å². The number of nitrogens with one attached hydrogen (secondary N) is 2. The van der Waals surface area contributed by atoms with Gasteiger partial charge in [-0.1, -0.05) is 54.1 Å². The number of benzene rings is 2. The maximum Gasteiger partial charge on any atom is 0.191 e. The molecule has 2 aromatic rings. The summed E-state index contributed by atoms with van der Waals surface area (Å²) in [5.74, 6) is 0.710. The number of hydrogen-bond acceptors (Lipinski definition) is 2. The van der Waals surface area contributed by atoms with Gasteiger partial charge in [-0.15, -0.1) is 24.0 Å². The standard InChI is InChI=1S/C19H24ClN3O.HI/c1-2-21-19(22-13-12-15-6-4-3-5-7-15)23-14-18(24)16-8-10-17(20)11-9-16;/h3-11,18,24H,2,12-14H2,1H3,(H2,21,22,23);1H. The van der Waals surface area contributed by atoms with Crippen LogP contribution in [0.4, 0.5) is 0 Å². The first-order valence-corrected chi connectivity index (χ1v) is 8.56. The van der Waals surface area contributed by atoms with Crippen LogP contribution in [0.3, 0.4) is 0 Å². The molecule has 2 rings (SSSR count). The Bertz CT molecular complexity index is 635. The second-order valence-electron chi connectivity index (χ2n) is 5.45. The first kappa shape index (κ1) is 21.7. The number of nitrogens with zero attached hydrogens (tertiary/aromatic N) is 1. The van der Waals surface area contributed by atoms with Gasteiger partial charge in [0.2, 0.25) is 0 Å². The highest BCUT2D eigenvalue weighted by atomic mass is 127. The zero-order valence-electron chi connectivity index (χ0n) is 14.3. The van der Waals surface area contributed by atoms with Crippen molar-refractivity contribution in [2.75, 3.05) is 19.6 Å². The Morgan fingerprint density at radius 1 is 1.08 bits per heavy atom. The fourth-order valence-corrected chi connectivity index (χ4v) is 2.41. The Balaban J connectivity index is 0.00000312. The van der Waals surface area contributed by atoms with Gasteiger partial charge >= 0.3 is 0 Å². The van der Waals surface area contributed by atoms with E-state index in [1.807, 2.05) is 37.3 Å². The van der Waals surface area contributed by atoms with Crippen molar-refractivity contribution in [3.8, 4) is 0 Å². The Labute approximate surface area is 171 Å². The van der Waals surface area contributed by atoms with Gasteiger partial charge in [0.15, 0.2) is 5.96 Å². The topological polar surface area (TPSA) is 56.7 Å². The van der Waals surface area contributed by atoms with E-state index >= 15 is 0 Å². The van der Waals surface area contributed by atoms with Gasteiger partial charge in [0, 0.05) is 18.1 Å². The molecule has 0 saturated heterocycles. The van der Waals surface area contributed by atoms with Crippen LogP contribution in [0.25, 0.3) is 0 Å². The Kier molecular flexibility index (Phi) is 10.5. The van der Waals surface area contributed by atoms with E-state index in [0.717, 1.165) is 25.1 Å². The van der Waals surface area contributed by atoms with Crippen molar-refractivity contribution in [3.05, 3.63) is 70.7 Å². The molecular weight excluding hydrogens is 449 g/mol. The molecule has 3 N–H and O–H groups in total. The number of guanidine groups is 1. The smallest absolute Gasteiger partial charge is 0.191 e. The van der Waals surface area contributed by atoms with Crippen LogP contribution < -0.4 is 10.6 Å². The summed E-state index contributed by atoms with van der Waals surface area (Å²) < 4.78 is 0. The number of hydrogen-bond donors (Lipinski definition) is 3. The number of halogens is 2. The van der Waals surface area contributed by atoms with E-state index in [1.165, 1.54) is 5.56 Å². The third-order valence-corrected chi connectivity index (χ3v) is 3.82. The Hall–Kier alpha value is -1.31. The van der Waals surface area contributed by atoms with Crippen molar-refractivity contribution in [2.45, 2.75) is 19.4 Å². The monoisotopic (exact) mass is 473 g/mol. The van der Waals surface area contributed by atoms with Crippen LogP contribution in [0, 0.1) is 0 Å². The molecule has 0 heterocycles. The lowest BCUT2D eigenvalue weighted by Crippen LogP contribution is -2.38. The number of aliphatic imine (C=N–C) groups is 1. The van der Waals surface area contributed by atoms with Crippen LogP contribution in [-0.2, 0) is 6.42 Å². The molecule has 0 aliphatic rings. The second kappa shape index (κ2) is 12.1. The molecule has 6 heteroatoms.